The molecule has 5 heterocycles. The van der Waals surface area contributed by atoms with Crippen LogP contribution in [0.3, 0.4) is 0 Å². The molecule has 0 aliphatic carbocycles. The van der Waals surface area contributed by atoms with Crippen LogP contribution in [0, 0.1) is 6.92 Å². The molecule has 1 unspecified atom stereocenters. The number of pyridine rings is 1. The van der Waals surface area contributed by atoms with E-state index in [0.717, 1.165) is 29.7 Å². The molecule has 1 aromatic carbocycles. The zero-order valence-electron chi connectivity index (χ0n) is 26.2. The molecule has 2 saturated heterocycles. The molecule has 0 amide bonds. The van der Waals surface area contributed by atoms with Gasteiger partial charge in [-0.15, -0.1) is 10.2 Å². The molecule has 0 saturated carbocycles. The van der Waals surface area contributed by atoms with Crippen LogP contribution in [0.2, 0.25) is 0 Å². The van der Waals surface area contributed by atoms with Crippen LogP contribution in [0.25, 0.3) is 11.3 Å². The van der Waals surface area contributed by atoms with Crippen LogP contribution >= 0.6 is 7.82 Å². The fourth-order valence-electron chi connectivity index (χ4n) is 6.03. The highest BCUT2D eigenvalue weighted by Crippen LogP contribution is 2.48. The molecule has 45 heavy (non-hydrogen) atoms. The Morgan fingerprint density at radius 1 is 1.18 bits per heavy atom. The third-order valence-corrected chi connectivity index (χ3v) is 9.29. The van der Waals surface area contributed by atoms with Crippen LogP contribution in [0.5, 0.6) is 11.6 Å². The third-order valence-electron chi connectivity index (χ3n) is 8.08. The van der Waals surface area contributed by atoms with Crippen molar-refractivity contribution >= 4 is 19.3 Å². The van der Waals surface area contributed by atoms with Crippen molar-refractivity contribution < 1.29 is 37.5 Å². The molecular formula is C31H40N5O8P. The number of phosphoric acid groups is 1. The second-order valence-corrected chi connectivity index (χ2v) is 13.9. The van der Waals surface area contributed by atoms with E-state index >= 15 is 0 Å². The van der Waals surface area contributed by atoms with Gasteiger partial charge >= 0.3 is 7.82 Å². The Kier molecular flexibility index (Phi) is 8.77. The minimum atomic E-state index is -4.32. The van der Waals surface area contributed by atoms with E-state index in [1.807, 2.05) is 31.2 Å². The molecular weight excluding hydrogens is 601 g/mol. The molecule has 0 spiro atoms. The standard InChI is InChI=1S/C31H40N5O8P/c1-6-31-15-22(43-28-20(2)13-21(16-32-28)29-39-11-12-40-29)17-36(31)25-14-24(34-35-27(25)33-18-31)23-9-7-8-10-26(23)41-19-42-45(37,38)44-30(3,4)5/h7-10,13-14,16,22,29H,6,11-12,15,17-19H2,1-5H3,(H,33,35)(H,37,38)/t22-,31+/m1/s1. The molecule has 6 rings (SSSR count). The number of fused-ring (bicyclic) bond motifs is 3. The molecule has 14 heteroatoms. The molecule has 0 radical (unpaired) electrons. The van der Waals surface area contributed by atoms with Crippen LogP contribution in [-0.4, -0.2) is 70.4 Å². The average Bonchev–Trinajstić information content (AvgIpc) is 3.66. The van der Waals surface area contributed by atoms with Gasteiger partial charge in [0.15, 0.2) is 18.9 Å². The maximum absolute atomic E-state index is 12.3. The highest BCUT2D eigenvalue weighted by molar-refractivity contribution is 7.47. The molecule has 13 nitrogen and oxygen atoms in total. The number of aromatic nitrogens is 3. The van der Waals surface area contributed by atoms with E-state index in [1.165, 1.54) is 0 Å². The molecule has 3 aromatic rings. The van der Waals surface area contributed by atoms with Crippen molar-refractivity contribution in [3.05, 3.63) is 53.7 Å². The number of phosphoric ester groups is 1. The summed E-state index contributed by atoms with van der Waals surface area (Å²) in [6.07, 6.45) is 2.99. The number of hydrogen-bond acceptors (Lipinski definition) is 12. The van der Waals surface area contributed by atoms with Gasteiger partial charge in [0.2, 0.25) is 5.88 Å². The average molecular weight is 642 g/mol. The molecule has 2 fully saturated rings. The number of hydrogen-bond donors (Lipinski definition) is 2. The monoisotopic (exact) mass is 641 g/mol. The molecule has 242 valence electrons. The second-order valence-electron chi connectivity index (χ2n) is 12.5. The summed E-state index contributed by atoms with van der Waals surface area (Å²) < 4.78 is 46.0. The van der Waals surface area contributed by atoms with Gasteiger partial charge in [-0.1, -0.05) is 19.1 Å². The first-order valence-electron chi connectivity index (χ1n) is 15.1. The van der Waals surface area contributed by atoms with Crippen LogP contribution in [0.1, 0.15) is 58.0 Å². The Hall–Kier alpha value is -3.32. The minimum absolute atomic E-state index is 0.0948. The highest BCUT2D eigenvalue weighted by atomic mass is 31.2. The largest absolute Gasteiger partial charge is 0.475 e. The van der Waals surface area contributed by atoms with Crippen molar-refractivity contribution in [3.8, 4) is 22.9 Å². The fourth-order valence-corrected chi connectivity index (χ4v) is 6.96. The lowest BCUT2D eigenvalue weighted by atomic mass is 9.90. The van der Waals surface area contributed by atoms with Gasteiger partial charge in [0.1, 0.15) is 11.9 Å². The number of rotatable bonds is 10. The Bertz CT molecular complexity index is 1580. The Morgan fingerprint density at radius 3 is 2.69 bits per heavy atom. The van der Waals surface area contributed by atoms with E-state index in [1.54, 1.807) is 39.1 Å². The summed E-state index contributed by atoms with van der Waals surface area (Å²) >= 11 is 0. The minimum Gasteiger partial charge on any atom is -0.472 e. The fraction of sp³-hybridized carbons (Fsp3) is 0.516. The maximum atomic E-state index is 12.3. The predicted octanol–water partition coefficient (Wildman–Crippen LogP) is 5.39. The molecule has 2 N–H and O–H groups in total. The number of ether oxygens (including phenoxy) is 4. The van der Waals surface area contributed by atoms with Crippen LogP contribution in [-0.2, 0) is 23.1 Å². The first kappa shape index (κ1) is 31.7. The molecule has 3 atom stereocenters. The lowest BCUT2D eigenvalue weighted by molar-refractivity contribution is -0.0444. The number of anilines is 2. The van der Waals surface area contributed by atoms with Crippen LogP contribution in [0.4, 0.5) is 11.5 Å². The van der Waals surface area contributed by atoms with E-state index in [-0.39, 0.29) is 17.9 Å². The first-order valence-corrected chi connectivity index (χ1v) is 16.6. The summed E-state index contributed by atoms with van der Waals surface area (Å²) in [6.45, 7) is 11.2. The van der Waals surface area contributed by atoms with Crippen molar-refractivity contribution in [1.29, 1.82) is 0 Å². The maximum Gasteiger partial charge on any atom is 0.475 e. The Balaban J connectivity index is 1.20. The van der Waals surface area contributed by atoms with Gasteiger partial charge in [-0.2, -0.15) is 0 Å². The number of nitrogens with one attached hydrogen (secondary N) is 1. The lowest BCUT2D eigenvalue weighted by Gasteiger charge is -2.43. The van der Waals surface area contributed by atoms with Gasteiger partial charge in [-0.3, -0.25) is 4.52 Å². The molecule has 2 aromatic heterocycles. The van der Waals surface area contributed by atoms with E-state index in [0.29, 0.717) is 55.0 Å². The smallest absolute Gasteiger partial charge is 0.472 e. The van der Waals surface area contributed by atoms with Crippen molar-refractivity contribution in [3.63, 3.8) is 0 Å². The van der Waals surface area contributed by atoms with E-state index in [2.05, 4.69) is 32.3 Å². The third kappa shape index (κ3) is 6.94. The van der Waals surface area contributed by atoms with Crippen LogP contribution in [0.15, 0.2) is 42.6 Å². The SMILES string of the molecule is CC[C@]12CNc3nnc(-c4ccccc4OCOP(=O)(O)OC(C)(C)C)cc3N1C[C@H](Oc1ncc(C3OCCO3)cc1C)C2. The van der Waals surface area contributed by atoms with E-state index in [4.69, 9.17) is 28.0 Å². The summed E-state index contributed by atoms with van der Waals surface area (Å²) in [4.78, 5) is 17.0. The summed E-state index contributed by atoms with van der Waals surface area (Å²) in [6, 6.07) is 11.3. The van der Waals surface area contributed by atoms with Crippen LogP contribution < -0.4 is 19.7 Å². The lowest BCUT2D eigenvalue weighted by Crippen LogP contribution is -2.52. The normalized spacial score (nSPS) is 22.8. The summed E-state index contributed by atoms with van der Waals surface area (Å²) in [5.74, 6) is 1.72. The highest BCUT2D eigenvalue weighted by Gasteiger charge is 2.49. The molecule has 3 aliphatic rings. The van der Waals surface area contributed by atoms with Gasteiger partial charge in [0.25, 0.3) is 0 Å². The van der Waals surface area contributed by atoms with Crippen molar-refractivity contribution in [2.24, 2.45) is 0 Å². The predicted molar refractivity (Wildman–Crippen MR) is 166 cm³/mol. The molecule has 0 bridgehead atoms. The van der Waals surface area contributed by atoms with E-state index < -0.39 is 20.2 Å². The Labute approximate surface area is 262 Å². The van der Waals surface area contributed by atoms with Gasteiger partial charge in [0, 0.05) is 35.9 Å². The topological polar surface area (TPSA) is 147 Å². The van der Waals surface area contributed by atoms with Crippen molar-refractivity contribution in [1.82, 2.24) is 15.2 Å². The quantitative estimate of drug-likeness (QED) is 0.216. The van der Waals surface area contributed by atoms with Gasteiger partial charge in [0.05, 0.1) is 42.3 Å². The van der Waals surface area contributed by atoms with Crippen molar-refractivity contribution in [2.45, 2.75) is 71.0 Å². The zero-order chi connectivity index (χ0) is 31.8. The van der Waals surface area contributed by atoms with Gasteiger partial charge in [-0.25, -0.2) is 14.1 Å². The zero-order valence-corrected chi connectivity index (χ0v) is 27.1. The number of nitrogens with zero attached hydrogens (tertiary/aromatic N) is 4. The van der Waals surface area contributed by atoms with Crippen molar-refractivity contribution in [2.75, 3.05) is 43.3 Å². The number of aryl methyl sites for hydroxylation is 1. The second kappa shape index (κ2) is 12.5. The Morgan fingerprint density at radius 2 is 1.96 bits per heavy atom. The summed E-state index contributed by atoms with van der Waals surface area (Å²) in [5, 5.41) is 12.5. The van der Waals surface area contributed by atoms with Gasteiger partial charge < -0.3 is 34.1 Å². The molecule has 3 aliphatic heterocycles. The number of benzene rings is 1. The van der Waals surface area contributed by atoms with Gasteiger partial charge in [-0.05, 0) is 58.4 Å². The number of para-hydroxylation sites is 1. The first-order chi connectivity index (χ1) is 21.5. The summed E-state index contributed by atoms with van der Waals surface area (Å²) in [7, 11) is -4.32. The van der Waals surface area contributed by atoms with E-state index in [9.17, 15) is 9.46 Å². The summed E-state index contributed by atoms with van der Waals surface area (Å²) in [5.41, 5.74) is 2.94.